The normalized spacial score (nSPS) is 18.5. The molecule has 2 rings (SSSR count). The molecule has 2 atom stereocenters. The van der Waals surface area contributed by atoms with E-state index in [1.807, 2.05) is 37.3 Å². The predicted octanol–water partition coefficient (Wildman–Crippen LogP) is 1.54. The maximum Gasteiger partial charge on any atom is 0.243 e. The second-order valence-electron chi connectivity index (χ2n) is 5.00. The maximum absolute atomic E-state index is 12.2. The van der Waals surface area contributed by atoms with Crippen molar-refractivity contribution in [2.75, 3.05) is 18.2 Å². The van der Waals surface area contributed by atoms with Gasteiger partial charge in [0, 0.05) is 24.8 Å². The minimum Gasteiger partial charge on any atom is -0.352 e. The Balaban J connectivity index is 0.00000242. The lowest BCUT2D eigenvalue weighted by atomic mass is 10.1. The number of benzene rings is 1. The predicted molar refractivity (Wildman–Crippen MR) is 91.9 cm³/mol. The number of thioether (sulfide) groups is 1. The SMILES string of the molecule is CCC(=O)N1CSCC1C(=O)NCC(N)c1ccccc1.Cl. The number of nitrogens with two attached hydrogens (primary N) is 1. The van der Waals surface area contributed by atoms with E-state index >= 15 is 0 Å². The van der Waals surface area contributed by atoms with E-state index in [4.69, 9.17) is 5.73 Å². The van der Waals surface area contributed by atoms with Crippen LogP contribution in [-0.2, 0) is 9.59 Å². The zero-order valence-corrected chi connectivity index (χ0v) is 14.2. The molecule has 122 valence electrons. The van der Waals surface area contributed by atoms with Gasteiger partial charge in [-0.15, -0.1) is 24.2 Å². The van der Waals surface area contributed by atoms with Crippen LogP contribution in [0.25, 0.3) is 0 Å². The lowest BCUT2D eigenvalue weighted by molar-refractivity contribution is -0.137. The van der Waals surface area contributed by atoms with Crippen LogP contribution in [0.4, 0.5) is 0 Å². The Hall–Kier alpha value is -1.24. The van der Waals surface area contributed by atoms with Crippen LogP contribution in [0, 0.1) is 0 Å². The summed E-state index contributed by atoms with van der Waals surface area (Å²) >= 11 is 1.61. The van der Waals surface area contributed by atoms with E-state index in [1.165, 1.54) is 0 Å². The minimum atomic E-state index is -0.370. The molecule has 2 amide bonds. The second-order valence-corrected chi connectivity index (χ2v) is 5.99. The average Bonchev–Trinajstić information content (AvgIpc) is 3.02. The summed E-state index contributed by atoms with van der Waals surface area (Å²) in [6, 6.07) is 9.05. The monoisotopic (exact) mass is 343 g/mol. The van der Waals surface area contributed by atoms with Crippen molar-refractivity contribution in [3.63, 3.8) is 0 Å². The van der Waals surface area contributed by atoms with Crippen LogP contribution < -0.4 is 11.1 Å². The van der Waals surface area contributed by atoms with Crippen LogP contribution in [0.5, 0.6) is 0 Å². The first-order chi connectivity index (χ1) is 10.1. The van der Waals surface area contributed by atoms with E-state index < -0.39 is 0 Å². The van der Waals surface area contributed by atoms with Gasteiger partial charge in [-0.3, -0.25) is 9.59 Å². The van der Waals surface area contributed by atoms with Crippen molar-refractivity contribution in [3.8, 4) is 0 Å². The van der Waals surface area contributed by atoms with Crippen LogP contribution in [0.3, 0.4) is 0 Å². The van der Waals surface area contributed by atoms with Crippen LogP contribution in [-0.4, -0.2) is 40.9 Å². The van der Waals surface area contributed by atoms with Crippen molar-refractivity contribution in [2.24, 2.45) is 5.73 Å². The van der Waals surface area contributed by atoms with E-state index in [1.54, 1.807) is 16.7 Å². The smallest absolute Gasteiger partial charge is 0.243 e. The Morgan fingerprint density at radius 1 is 1.41 bits per heavy atom. The highest BCUT2D eigenvalue weighted by Crippen LogP contribution is 2.21. The summed E-state index contributed by atoms with van der Waals surface area (Å²) < 4.78 is 0. The fourth-order valence-electron chi connectivity index (χ4n) is 2.26. The maximum atomic E-state index is 12.2. The molecule has 22 heavy (non-hydrogen) atoms. The van der Waals surface area contributed by atoms with Crippen LogP contribution in [0.1, 0.15) is 24.9 Å². The van der Waals surface area contributed by atoms with Crippen LogP contribution in [0.15, 0.2) is 30.3 Å². The third kappa shape index (κ3) is 4.63. The van der Waals surface area contributed by atoms with E-state index in [0.717, 1.165) is 5.56 Å². The van der Waals surface area contributed by atoms with Gasteiger partial charge in [0.1, 0.15) is 6.04 Å². The van der Waals surface area contributed by atoms with E-state index in [9.17, 15) is 9.59 Å². The number of halogens is 1. The lowest BCUT2D eigenvalue weighted by Crippen LogP contribution is -2.48. The molecule has 1 heterocycles. The summed E-state index contributed by atoms with van der Waals surface area (Å²) in [5.41, 5.74) is 7.05. The quantitative estimate of drug-likeness (QED) is 0.850. The zero-order valence-electron chi connectivity index (χ0n) is 12.5. The van der Waals surface area contributed by atoms with Crippen molar-refractivity contribution in [3.05, 3.63) is 35.9 Å². The lowest BCUT2D eigenvalue weighted by Gasteiger charge is -2.23. The molecular formula is C15H22ClN3O2S. The number of nitrogens with zero attached hydrogens (tertiary/aromatic N) is 1. The number of amides is 2. The molecule has 5 nitrogen and oxygen atoms in total. The Bertz CT molecular complexity index is 501. The molecule has 1 saturated heterocycles. The highest BCUT2D eigenvalue weighted by Gasteiger charge is 2.33. The van der Waals surface area contributed by atoms with Gasteiger partial charge in [-0.05, 0) is 5.56 Å². The number of hydrogen-bond donors (Lipinski definition) is 2. The Labute approximate surface area is 141 Å². The van der Waals surface area contributed by atoms with Crippen molar-refractivity contribution in [1.82, 2.24) is 10.2 Å². The number of nitrogens with one attached hydrogen (secondary N) is 1. The van der Waals surface area contributed by atoms with E-state index in [0.29, 0.717) is 24.6 Å². The van der Waals surface area contributed by atoms with E-state index in [-0.39, 0.29) is 36.3 Å². The number of rotatable bonds is 5. The van der Waals surface area contributed by atoms with E-state index in [2.05, 4.69) is 5.32 Å². The fourth-order valence-corrected chi connectivity index (χ4v) is 3.44. The topological polar surface area (TPSA) is 75.4 Å². The Morgan fingerprint density at radius 2 is 2.09 bits per heavy atom. The van der Waals surface area contributed by atoms with Gasteiger partial charge in [0.25, 0.3) is 0 Å². The molecule has 1 aliphatic heterocycles. The Morgan fingerprint density at radius 3 is 2.73 bits per heavy atom. The molecule has 0 saturated carbocycles. The van der Waals surface area contributed by atoms with Crippen molar-refractivity contribution >= 4 is 36.0 Å². The largest absolute Gasteiger partial charge is 0.352 e. The van der Waals surface area contributed by atoms with Gasteiger partial charge in [0.05, 0.1) is 5.88 Å². The molecule has 0 radical (unpaired) electrons. The highest BCUT2D eigenvalue weighted by atomic mass is 35.5. The van der Waals surface area contributed by atoms with Gasteiger partial charge in [-0.25, -0.2) is 0 Å². The first kappa shape index (κ1) is 18.8. The summed E-state index contributed by atoms with van der Waals surface area (Å²) in [6.45, 7) is 2.18. The molecule has 7 heteroatoms. The molecule has 0 aliphatic carbocycles. The molecule has 1 fully saturated rings. The number of hydrogen-bond acceptors (Lipinski definition) is 4. The molecule has 1 aliphatic rings. The van der Waals surface area contributed by atoms with Crippen molar-refractivity contribution in [2.45, 2.75) is 25.4 Å². The molecule has 0 aromatic heterocycles. The first-order valence-corrected chi connectivity index (χ1v) is 8.24. The zero-order chi connectivity index (χ0) is 15.2. The standard InChI is InChI=1S/C15H21N3O2S.ClH/c1-2-14(19)18-10-21-9-13(18)15(20)17-8-12(16)11-6-4-3-5-7-11;/h3-7,12-13H,2,8-10,16H2,1H3,(H,17,20);1H. The minimum absolute atomic E-state index is 0. The van der Waals surface area contributed by atoms with Crippen LogP contribution >= 0.6 is 24.2 Å². The third-order valence-corrected chi connectivity index (χ3v) is 4.54. The summed E-state index contributed by atoms with van der Waals surface area (Å²) in [6.07, 6.45) is 0.424. The van der Waals surface area contributed by atoms with Crippen molar-refractivity contribution < 1.29 is 9.59 Å². The summed E-state index contributed by atoms with van der Waals surface area (Å²) in [4.78, 5) is 25.7. The van der Waals surface area contributed by atoms with Gasteiger partial charge in [-0.1, -0.05) is 37.3 Å². The number of carbonyl (C=O) groups excluding carboxylic acids is 2. The molecular weight excluding hydrogens is 322 g/mol. The first-order valence-electron chi connectivity index (χ1n) is 7.09. The Kier molecular flexibility index (Phi) is 7.72. The van der Waals surface area contributed by atoms with Gasteiger partial charge < -0.3 is 16.0 Å². The fraction of sp³-hybridized carbons (Fsp3) is 0.467. The molecule has 1 aromatic rings. The molecule has 3 N–H and O–H groups in total. The summed E-state index contributed by atoms with van der Waals surface area (Å²) in [5.74, 6) is 1.15. The second kappa shape index (κ2) is 9.02. The van der Waals surface area contributed by atoms with Crippen LogP contribution in [0.2, 0.25) is 0 Å². The van der Waals surface area contributed by atoms with Gasteiger partial charge >= 0.3 is 0 Å². The average molecular weight is 344 g/mol. The molecule has 0 spiro atoms. The van der Waals surface area contributed by atoms with Gasteiger partial charge in [0.2, 0.25) is 11.8 Å². The number of carbonyl (C=O) groups is 2. The summed E-state index contributed by atoms with van der Waals surface area (Å²) in [5, 5.41) is 2.86. The molecule has 2 unspecified atom stereocenters. The van der Waals surface area contributed by atoms with Crippen molar-refractivity contribution in [1.29, 1.82) is 0 Å². The molecule has 1 aromatic carbocycles. The third-order valence-electron chi connectivity index (χ3n) is 3.53. The highest BCUT2D eigenvalue weighted by molar-refractivity contribution is 7.99. The summed E-state index contributed by atoms with van der Waals surface area (Å²) in [7, 11) is 0. The molecule has 0 bridgehead atoms. The van der Waals surface area contributed by atoms with Gasteiger partial charge in [-0.2, -0.15) is 0 Å². The van der Waals surface area contributed by atoms with Gasteiger partial charge in [0.15, 0.2) is 0 Å².